The van der Waals surface area contributed by atoms with Crippen molar-refractivity contribution in [1.82, 2.24) is 0 Å². The molecule has 2 aliphatic heterocycles. The van der Waals surface area contributed by atoms with E-state index in [1.54, 1.807) is 36.1 Å². The van der Waals surface area contributed by atoms with Gasteiger partial charge < -0.3 is 9.64 Å². The molecule has 0 aliphatic carbocycles. The number of ether oxygens (including phenoxy) is 1. The molecule has 7 heteroatoms. The van der Waals surface area contributed by atoms with E-state index in [1.807, 2.05) is 60.7 Å². The number of carbonyl (C=O) groups is 3. The van der Waals surface area contributed by atoms with Crippen LogP contribution in [0.15, 0.2) is 89.9 Å². The summed E-state index contributed by atoms with van der Waals surface area (Å²) in [4.78, 5) is 48.1. The third-order valence-electron chi connectivity index (χ3n) is 6.14. The molecular formula is C27H23N3O4. The minimum absolute atomic E-state index is 0.140. The van der Waals surface area contributed by atoms with E-state index in [4.69, 9.17) is 9.73 Å². The van der Waals surface area contributed by atoms with E-state index in [0.29, 0.717) is 22.8 Å². The van der Waals surface area contributed by atoms with Crippen LogP contribution in [0.2, 0.25) is 0 Å². The van der Waals surface area contributed by atoms with Gasteiger partial charge in [0.1, 0.15) is 5.84 Å². The van der Waals surface area contributed by atoms with Crippen molar-refractivity contribution in [3.05, 3.63) is 96.1 Å². The highest BCUT2D eigenvalue weighted by molar-refractivity contribution is 6.28. The third kappa shape index (κ3) is 3.04. The van der Waals surface area contributed by atoms with Gasteiger partial charge in [-0.15, -0.1) is 0 Å². The summed E-state index contributed by atoms with van der Waals surface area (Å²) < 4.78 is 5.50. The maximum atomic E-state index is 14.1. The van der Waals surface area contributed by atoms with Crippen molar-refractivity contribution in [3.8, 4) is 0 Å². The van der Waals surface area contributed by atoms with E-state index >= 15 is 0 Å². The molecule has 1 spiro atoms. The van der Waals surface area contributed by atoms with Crippen molar-refractivity contribution in [2.24, 2.45) is 4.99 Å². The zero-order valence-electron chi connectivity index (χ0n) is 18.8. The van der Waals surface area contributed by atoms with Crippen molar-refractivity contribution in [2.45, 2.75) is 25.4 Å². The van der Waals surface area contributed by atoms with Crippen LogP contribution in [0.3, 0.4) is 0 Å². The quantitative estimate of drug-likeness (QED) is 0.563. The Morgan fingerprint density at radius 3 is 2.21 bits per heavy atom. The first-order valence-electron chi connectivity index (χ1n) is 11.1. The minimum Gasteiger partial charge on any atom is -0.464 e. The van der Waals surface area contributed by atoms with Gasteiger partial charge in [-0.2, -0.15) is 0 Å². The van der Waals surface area contributed by atoms with Crippen LogP contribution in [-0.2, 0) is 24.7 Å². The van der Waals surface area contributed by atoms with Gasteiger partial charge >= 0.3 is 5.97 Å². The summed E-state index contributed by atoms with van der Waals surface area (Å²) in [6.45, 7) is 3.19. The van der Waals surface area contributed by atoms with Gasteiger partial charge in [0, 0.05) is 23.7 Å². The fourth-order valence-corrected chi connectivity index (χ4v) is 4.81. The molecule has 2 unspecified atom stereocenters. The molecule has 0 saturated carbocycles. The topological polar surface area (TPSA) is 79.3 Å². The molecule has 0 fully saturated rings. The van der Waals surface area contributed by atoms with Crippen molar-refractivity contribution >= 4 is 35.0 Å². The summed E-state index contributed by atoms with van der Waals surface area (Å²) in [7, 11) is 0. The maximum absolute atomic E-state index is 14.1. The molecule has 2 atom stereocenters. The van der Waals surface area contributed by atoms with Gasteiger partial charge in [0.2, 0.25) is 11.4 Å². The van der Waals surface area contributed by atoms with Crippen LogP contribution in [0, 0.1) is 0 Å². The zero-order chi connectivity index (χ0) is 23.9. The molecule has 0 bridgehead atoms. The monoisotopic (exact) mass is 453 g/mol. The molecule has 2 heterocycles. The van der Waals surface area contributed by atoms with Crippen LogP contribution in [0.5, 0.6) is 0 Å². The summed E-state index contributed by atoms with van der Waals surface area (Å²) in [5.74, 6) is -1.13. The number of fused-ring (bicyclic) bond motifs is 2. The molecule has 3 aromatic rings. The van der Waals surface area contributed by atoms with E-state index in [2.05, 4.69) is 0 Å². The summed E-state index contributed by atoms with van der Waals surface area (Å²) in [6, 6.07) is 24.6. The number of nitrogens with zero attached hydrogens (tertiary/aromatic N) is 3. The number of rotatable bonds is 4. The first kappa shape index (κ1) is 21.6. The molecule has 0 N–H and O–H groups in total. The number of hydrogen-bond donors (Lipinski definition) is 0. The van der Waals surface area contributed by atoms with Crippen molar-refractivity contribution in [1.29, 1.82) is 0 Å². The van der Waals surface area contributed by atoms with Gasteiger partial charge in [-0.1, -0.05) is 66.7 Å². The Balaban J connectivity index is 1.84. The Kier molecular flexibility index (Phi) is 5.24. The number of amidine groups is 1. The summed E-state index contributed by atoms with van der Waals surface area (Å²) in [6.07, 6.45) is 0. The molecular weight excluding hydrogens is 430 g/mol. The van der Waals surface area contributed by atoms with Crippen LogP contribution in [0.25, 0.3) is 0 Å². The van der Waals surface area contributed by atoms with Crippen LogP contribution < -0.4 is 9.80 Å². The van der Waals surface area contributed by atoms with E-state index in [9.17, 15) is 14.4 Å². The van der Waals surface area contributed by atoms with Crippen molar-refractivity contribution < 1.29 is 19.1 Å². The molecule has 7 nitrogen and oxygen atoms in total. The molecule has 5 rings (SSSR count). The first-order valence-corrected chi connectivity index (χ1v) is 11.1. The van der Waals surface area contributed by atoms with Crippen molar-refractivity contribution in [2.75, 3.05) is 16.4 Å². The molecule has 3 aromatic carbocycles. The van der Waals surface area contributed by atoms with E-state index < -0.39 is 29.4 Å². The first-order chi connectivity index (χ1) is 16.5. The number of imide groups is 1. The lowest BCUT2D eigenvalue weighted by Gasteiger charge is -2.33. The second-order valence-corrected chi connectivity index (χ2v) is 8.10. The van der Waals surface area contributed by atoms with Gasteiger partial charge in [0.05, 0.1) is 12.3 Å². The number of aliphatic imine (C=N–C) groups is 1. The van der Waals surface area contributed by atoms with Gasteiger partial charge in [-0.05, 0) is 25.1 Å². The maximum Gasteiger partial charge on any atom is 0.332 e. The molecule has 0 radical (unpaired) electrons. The summed E-state index contributed by atoms with van der Waals surface area (Å²) in [5.41, 5.74) is 0.686. The molecule has 0 saturated heterocycles. The number of carbonyl (C=O) groups excluding carboxylic acids is 3. The Hall–Kier alpha value is -4.26. The largest absolute Gasteiger partial charge is 0.464 e. The smallest absolute Gasteiger partial charge is 0.332 e. The second kappa shape index (κ2) is 8.26. The summed E-state index contributed by atoms with van der Waals surface area (Å²) >= 11 is 0. The number of anilines is 2. The van der Waals surface area contributed by atoms with E-state index in [1.165, 1.54) is 6.92 Å². The molecule has 2 amide bonds. The highest BCUT2D eigenvalue weighted by atomic mass is 16.5. The zero-order valence-corrected chi connectivity index (χ0v) is 18.8. The Morgan fingerprint density at radius 2 is 1.56 bits per heavy atom. The van der Waals surface area contributed by atoms with E-state index in [0.717, 1.165) is 10.5 Å². The average molecular weight is 453 g/mol. The summed E-state index contributed by atoms with van der Waals surface area (Å²) in [5, 5.41) is 0. The highest BCUT2D eigenvalue weighted by Gasteiger charge is 2.65. The lowest BCUT2D eigenvalue weighted by molar-refractivity contribution is -0.148. The second-order valence-electron chi connectivity index (χ2n) is 8.10. The van der Waals surface area contributed by atoms with E-state index in [-0.39, 0.29) is 6.61 Å². The number of benzene rings is 3. The number of amides is 2. The lowest BCUT2D eigenvalue weighted by atomic mass is 9.84. The Morgan fingerprint density at radius 1 is 0.941 bits per heavy atom. The molecule has 34 heavy (non-hydrogen) atoms. The number of para-hydroxylation sites is 2. The fraction of sp³-hybridized carbons (Fsp3) is 0.185. The highest BCUT2D eigenvalue weighted by Crippen LogP contribution is 2.51. The molecule has 170 valence electrons. The van der Waals surface area contributed by atoms with Crippen LogP contribution in [0.4, 0.5) is 11.4 Å². The number of hydrogen-bond acceptors (Lipinski definition) is 6. The predicted molar refractivity (Wildman–Crippen MR) is 129 cm³/mol. The van der Waals surface area contributed by atoms with Gasteiger partial charge in [-0.3, -0.25) is 9.59 Å². The van der Waals surface area contributed by atoms with Crippen LogP contribution in [-0.4, -0.2) is 36.3 Å². The normalized spacial score (nSPS) is 20.9. The average Bonchev–Trinajstić information content (AvgIpc) is 3.34. The van der Waals surface area contributed by atoms with Crippen LogP contribution >= 0.6 is 0 Å². The third-order valence-corrected chi connectivity index (χ3v) is 6.14. The van der Waals surface area contributed by atoms with Gasteiger partial charge in [-0.25, -0.2) is 14.7 Å². The van der Waals surface area contributed by atoms with Gasteiger partial charge in [0.15, 0.2) is 6.04 Å². The number of esters is 1. The fourth-order valence-electron chi connectivity index (χ4n) is 4.81. The molecule has 2 aliphatic rings. The lowest BCUT2D eigenvalue weighted by Crippen LogP contribution is -2.56. The Bertz CT molecular complexity index is 1310. The molecule has 0 aromatic heterocycles. The SMILES string of the molecule is CCOC(=O)C1N(c2ccccc2)C(c2ccccc2)=NC12C(=O)N(C(C)=O)c1ccccc12. The van der Waals surface area contributed by atoms with Gasteiger partial charge in [0.25, 0.3) is 5.91 Å². The standard InChI is InChI=1S/C27H23N3O4/c1-3-34-25(32)23-27(21-16-10-11-17-22(21)29(18(2)31)26(27)33)28-24(19-12-6-4-7-13-19)30(23)20-14-8-5-9-15-20/h4-17,23H,3H2,1-2H3. The van der Waals surface area contributed by atoms with Crippen molar-refractivity contribution in [3.63, 3.8) is 0 Å². The van der Waals surface area contributed by atoms with Crippen LogP contribution in [0.1, 0.15) is 25.0 Å². The minimum atomic E-state index is -1.67. The Labute approximate surface area is 197 Å². The predicted octanol–water partition coefficient (Wildman–Crippen LogP) is 3.67.